The van der Waals surface area contributed by atoms with Gasteiger partial charge in [0.25, 0.3) is 11.5 Å². The van der Waals surface area contributed by atoms with E-state index in [1.165, 1.54) is 0 Å². The summed E-state index contributed by atoms with van der Waals surface area (Å²) in [4.78, 5) is 34.9. The largest absolute Gasteiger partial charge is 0.481 e. The number of carbonyl (C=O) groups is 2. The van der Waals surface area contributed by atoms with E-state index in [9.17, 15) is 14.4 Å². The molecule has 1 fully saturated rings. The van der Waals surface area contributed by atoms with Gasteiger partial charge in [0.05, 0.1) is 10.8 Å². The second-order valence-electron chi connectivity index (χ2n) is 5.22. The number of nitrogens with one attached hydrogen (secondary N) is 2. The van der Waals surface area contributed by atoms with E-state index in [-0.39, 0.29) is 17.8 Å². The van der Waals surface area contributed by atoms with Gasteiger partial charge in [-0.15, -0.1) is 0 Å². The number of benzene rings is 1. The predicted molar refractivity (Wildman–Crippen MR) is 74.0 cm³/mol. The van der Waals surface area contributed by atoms with Gasteiger partial charge in [-0.05, 0) is 18.9 Å². The highest BCUT2D eigenvalue weighted by Gasteiger charge is 2.50. The molecule has 0 unspecified atom stereocenters. The van der Waals surface area contributed by atoms with Crippen LogP contribution in [0.15, 0.2) is 29.1 Å². The summed E-state index contributed by atoms with van der Waals surface area (Å²) in [5, 5.41) is 18.5. The Morgan fingerprint density at radius 1 is 1.29 bits per heavy atom. The summed E-state index contributed by atoms with van der Waals surface area (Å²) in [6.07, 6.45) is 1.12. The fourth-order valence-electron chi connectivity index (χ4n) is 2.24. The number of carboxylic acid groups (broad SMARTS) is 1. The summed E-state index contributed by atoms with van der Waals surface area (Å²) in [6, 6.07) is 6.64. The van der Waals surface area contributed by atoms with E-state index in [4.69, 9.17) is 5.11 Å². The van der Waals surface area contributed by atoms with Gasteiger partial charge in [0, 0.05) is 11.9 Å². The predicted octanol–water partition coefficient (Wildman–Crippen LogP) is 0.518. The number of nitrogens with zero attached hydrogens (tertiary/aromatic N) is 1. The molecule has 0 bridgehead atoms. The third-order valence-corrected chi connectivity index (χ3v) is 3.81. The molecule has 0 aliphatic heterocycles. The normalized spacial score (nSPS) is 15.6. The molecule has 1 aliphatic rings. The molecule has 7 heteroatoms. The zero-order chi connectivity index (χ0) is 15.0. The minimum Gasteiger partial charge on any atom is -0.481 e. The van der Waals surface area contributed by atoms with Crippen LogP contribution in [0.1, 0.15) is 23.3 Å². The van der Waals surface area contributed by atoms with Crippen LogP contribution in [-0.2, 0) is 4.79 Å². The first-order chi connectivity index (χ1) is 10.0. The Balaban J connectivity index is 1.87. The van der Waals surface area contributed by atoms with Crippen LogP contribution in [0.5, 0.6) is 0 Å². The van der Waals surface area contributed by atoms with E-state index in [1.807, 2.05) is 0 Å². The summed E-state index contributed by atoms with van der Waals surface area (Å²) < 4.78 is 0. The van der Waals surface area contributed by atoms with Crippen LogP contribution in [-0.4, -0.2) is 33.7 Å². The molecular formula is C14H13N3O4. The molecule has 0 saturated heterocycles. The van der Waals surface area contributed by atoms with E-state index < -0.39 is 17.3 Å². The van der Waals surface area contributed by atoms with Gasteiger partial charge in [-0.1, -0.05) is 18.2 Å². The number of rotatable bonds is 4. The van der Waals surface area contributed by atoms with Crippen molar-refractivity contribution < 1.29 is 14.7 Å². The summed E-state index contributed by atoms with van der Waals surface area (Å²) in [5.41, 5.74) is -1.12. The zero-order valence-corrected chi connectivity index (χ0v) is 11.0. The first-order valence-corrected chi connectivity index (χ1v) is 6.52. The van der Waals surface area contributed by atoms with Gasteiger partial charge >= 0.3 is 5.97 Å². The number of carboxylic acids is 1. The van der Waals surface area contributed by atoms with Crippen molar-refractivity contribution in [3.8, 4) is 0 Å². The maximum Gasteiger partial charge on any atom is 0.311 e. The Kier molecular flexibility index (Phi) is 2.97. The second-order valence-corrected chi connectivity index (χ2v) is 5.22. The third kappa shape index (κ3) is 2.26. The Morgan fingerprint density at radius 3 is 2.57 bits per heavy atom. The van der Waals surface area contributed by atoms with E-state index in [2.05, 4.69) is 15.5 Å². The van der Waals surface area contributed by atoms with Crippen molar-refractivity contribution in [3.63, 3.8) is 0 Å². The lowest BCUT2D eigenvalue weighted by Gasteiger charge is -2.11. The van der Waals surface area contributed by atoms with Crippen molar-refractivity contribution in [3.05, 3.63) is 40.3 Å². The number of fused-ring (bicyclic) bond motifs is 1. The number of carbonyl (C=O) groups excluding carboxylic acids is 1. The Morgan fingerprint density at radius 2 is 1.95 bits per heavy atom. The Hall–Kier alpha value is -2.70. The Bertz CT molecular complexity index is 792. The quantitative estimate of drug-likeness (QED) is 0.758. The van der Waals surface area contributed by atoms with Gasteiger partial charge < -0.3 is 10.4 Å². The number of aliphatic carboxylic acids is 1. The van der Waals surface area contributed by atoms with Crippen LogP contribution in [0.2, 0.25) is 0 Å². The van der Waals surface area contributed by atoms with Gasteiger partial charge in [-0.25, -0.2) is 5.10 Å². The van der Waals surface area contributed by atoms with Gasteiger partial charge in [0.1, 0.15) is 0 Å². The number of hydrogen-bond acceptors (Lipinski definition) is 4. The van der Waals surface area contributed by atoms with Gasteiger partial charge in [0.15, 0.2) is 5.69 Å². The van der Waals surface area contributed by atoms with Gasteiger partial charge in [0.2, 0.25) is 0 Å². The average Bonchev–Trinajstić information content (AvgIpc) is 3.27. The standard InChI is InChI=1S/C14H13N3O4/c18-11-9-4-2-1-3-8(9)10(16-17-11)12(19)15-7-14(5-6-14)13(20)21/h1-4H,5-7H2,(H,15,19)(H,17,18)(H,20,21). The monoisotopic (exact) mass is 287 g/mol. The highest BCUT2D eigenvalue weighted by Crippen LogP contribution is 2.45. The van der Waals surface area contributed by atoms with Crippen LogP contribution in [0.3, 0.4) is 0 Å². The molecule has 3 rings (SSSR count). The third-order valence-electron chi connectivity index (χ3n) is 3.81. The molecule has 1 amide bonds. The molecule has 1 heterocycles. The van der Waals surface area contributed by atoms with Gasteiger partial charge in [-0.2, -0.15) is 5.10 Å². The maximum absolute atomic E-state index is 12.2. The van der Waals surface area contributed by atoms with E-state index in [0.717, 1.165) is 0 Å². The first kappa shape index (κ1) is 13.3. The number of aromatic nitrogens is 2. The summed E-state index contributed by atoms with van der Waals surface area (Å²) in [7, 11) is 0. The molecule has 3 N–H and O–H groups in total. The zero-order valence-electron chi connectivity index (χ0n) is 11.0. The lowest BCUT2D eigenvalue weighted by atomic mass is 10.1. The molecular weight excluding hydrogens is 274 g/mol. The number of hydrogen-bond donors (Lipinski definition) is 3. The molecule has 1 aromatic heterocycles. The van der Waals surface area contributed by atoms with E-state index in [1.54, 1.807) is 24.3 Å². The van der Waals surface area contributed by atoms with Crippen LogP contribution in [0, 0.1) is 5.41 Å². The molecule has 0 atom stereocenters. The number of aromatic amines is 1. The first-order valence-electron chi connectivity index (χ1n) is 6.52. The lowest BCUT2D eigenvalue weighted by molar-refractivity contribution is -0.143. The van der Waals surface area contributed by atoms with Crippen LogP contribution in [0.4, 0.5) is 0 Å². The summed E-state index contributed by atoms with van der Waals surface area (Å²) in [5.74, 6) is -1.39. The van der Waals surface area contributed by atoms with Crippen LogP contribution in [0.25, 0.3) is 10.8 Å². The lowest BCUT2D eigenvalue weighted by Crippen LogP contribution is -2.35. The molecule has 1 saturated carbocycles. The van der Waals surface area contributed by atoms with Crippen LogP contribution >= 0.6 is 0 Å². The van der Waals surface area contributed by atoms with E-state index >= 15 is 0 Å². The van der Waals surface area contributed by atoms with Crippen molar-refractivity contribution in [2.24, 2.45) is 5.41 Å². The molecule has 0 spiro atoms. The van der Waals surface area contributed by atoms with Crippen molar-refractivity contribution in [2.45, 2.75) is 12.8 Å². The molecule has 108 valence electrons. The average molecular weight is 287 g/mol. The van der Waals surface area contributed by atoms with Crippen LogP contribution < -0.4 is 10.9 Å². The number of H-pyrrole nitrogens is 1. The minimum absolute atomic E-state index is 0.0658. The molecule has 1 aliphatic carbocycles. The maximum atomic E-state index is 12.2. The van der Waals surface area contributed by atoms with Crippen molar-refractivity contribution >= 4 is 22.6 Å². The molecule has 21 heavy (non-hydrogen) atoms. The highest BCUT2D eigenvalue weighted by atomic mass is 16.4. The fraction of sp³-hybridized carbons (Fsp3) is 0.286. The van der Waals surface area contributed by atoms with Crippen molar-refractivity contribution in [2.75, 3.05) is 6.54 Å². The summed E-state index contributed by atoms with van der Waals surface area (Å²) >= 11 is 0. The van der Waals surface area contributed by atoms with Crippen molar-refractivity contribution in [1.29, 1.82) is 0 Å². The molecule has 2 aromatic rings. The van der Waals surface area contributed by atoms with E-state index in [0.29, 0.717) is 23.6 Å². The summed E-state index contributed by atoms with van der Waals surface area (Å²) in [6.45, 7) is 0.0658. The number of amides is 1. The Labute approximate surface area is 119 Å². The topological polar surface area (TPSA) is 112 Å². The van der Waals surface area contributed by atoms with Crippen molar-refractivity contribution in [1.82, 2.24) is 15.5 Å². The minimum atomic E-state index is -0.901. The molecule has 0 radical (unpaired) electrons. The highest BCUT2D eigenvalue weighted by molar-refractivity contribution is 6.04. The smallest absolute Gasteiger partial charge is 0.311 e. The van der Waals surface area contributed by atoms with Gasteiger partial charge in [-0.3, -0.25) is 14.4 Å². The molecule has 1 aromatic carbocycles. The fourth-order valence-corrected chi connectivity index (χ4v) is 2.24. The molecule has 7 nitrogen and oxygen atoms in total. The second kappa shape index (κ2) is 4.69. The SMILES string of the molecule is O=C(NCC1(C(=O)O)CC1)c1n[nH]c(=O)c2ccccc12.